The van der Waals surface area contributed by atoms with E-state index in [1.165, 1.54) is 17.2 Å². The summed E-state index contributed by atoms with van der Waals surface area (Å²) >= 11 is 0. The molecule has 3 aliphatic heterocycles. The first-order chi connectivity index (χ1) is 18.4. The summed E-state index contributed by atoms with van der Waals surface area (Å²) in [6.07, 6.45) is 1.66. The Morgan fingerprint density at radius 2 is 1.68 bits per heavy atom. The molecule has 38 heavy (non-hydrogen) atoms. The molecule has 1 fully saturated rings. The molecule has 11 nitrogen and oxygen atoms in total. The normalized spacial score (nSPS) is 17.6. The lowest BCUT2D eigenvalue weighted by atomic mass is 9.94. The maximum absolute atomic E-state index is 12.7. The third-order valence-electron chi connectivity index (χ3n) is 6.99. The number of likely N-dealkylation sites (N-methyl/N-ethyl adjacent to an activating group) is 1. The SMILES string of the molecule is CN1CC(=O)N2Cc3c(c4ccccc4n3-c3ccc([N+](=O)[O-])cn3)CC2C1=O.c1ccc2c(c1)OCO2. The monoisotopic (exact) mass is 513 g/mol. The van der Waals surface area contributed by atoms with Gasteiger partial charge in [0, 0.05) is 30.6 Å². The highest BCUT2D eigenvalue weighted by atomic mass is 16.7. The number of benzene rings is 2. The second kappa shape index (κ2) is 9.18. The molecule has 5 heterocycles. The topological polar surface area (TPSA) is 120 Å². The predicted octanol–water partition coefficient (Wildman–Crippen LogP) is 3.07. The number of amides is 2. The van der Waals surface area contributed by atoms with E-state index in [9.17, 15) is 19.7 Å². The fraction of sp³-hybridized carbons (Fsp3) is 0.222. The zero-order chi connectivity index (χ0) is 26.4. The van der Waals surface area contributed by atoms with Gasteiger partial charge in [0.1, 0.15) is 18.1 Å². The molecular formula is C27H23N5O6. The van der Waals surface area contributed by atoms with E-state index in [-0.39, 0.29) is 24.0 Å². The minimum Gasteiger partial charge on any atom is -0.454 e. The number of nitro groups is 1. The van der Waals surface area contributed by atoms with Crippen molar-refractivity contribution in [1.29, 1.82) is 0 Å². The van der Waals surface area contributed by atoms with Crippen LogP contribution in [0.2, 0.25) is 0 Å². The summed E-state index contributed by atoms with van der Waals surface area (Å²) in [5.41, 5.74) is 2.71. The molecule has 11 heteroatoms. The van der Waals surface area contributed by atoms with Gasteiger partial charge in [-0.1, -0.05) is 30.3 Å². The zero-order valence-electron chi connectivity index (χ0n) is 20.4. The number of para-hydroxylation sites is 3. The van der Waals surface area contributed by atoms with Crippen LogP contribution in [0.5, 0.6) is 11.5 Å². The molecule has 2 aromatic carbocycles. The van der Waals surface area contributed by atoms with Gasteiger partial charge in [0.05, 0.1) is 23.5 Å². The molecule has 0 aliphatic carbocycles. The summed E-state index contributed by atoms with van der Waals surface area (Å²) < 4.78 is 12.1. The molecule has 1 unspecified atom stereocenters. The van der Waals surface area contributed by atoms with Crippen molar-refractivity contribution in [2.24, 2.45) is 0 Å². The summed E-state index contributed by atoms with van der Waals surface area (Å²) in [6.45, 7) is 0.728. The van der Waals surface area contributed by atoms with E-state index in [2.05, 4.69) is 4.98 Å². The number of hydrogen-bond donors (Lipinski definition) is 0. The maximum atomic E-state index is 12.7. The van der Waals surface area contributed by atoms with E-state index in [4.69, 9.17) is 9.47 Å². The predicted molar refractivity (Wildman–Crippen MR) is 136 cm³/mol. The highest BCUT2D eigenvalue weighted by Crippen LogP contribution is 2.36. The van der Waals surface area contributed by atoms with Crippen molar-refractivity contribution in [2.75, 3.05) is 20.4 Å². The van der Waals surface area contributed by atoms with Crippen LogP contribution < -0.4 is 9.47 Å². The van der Waals surface area contributed by atoms with Gasteiger partial charge < -0.3 is 19.3 Å². The number of piperazine rings is 1. The average molecular weight is 514 g/mol. The van der Waals surface area contributed by atoms with Crippen LogP contribution in [-0.4, -0.2) is 62.5 Å². The summed E-state index contributed by atoms with van der Waals surface area (Å²) in [6, 6.07) is 17.9. The largest absolute Gasteiger partial charge is 0.454 e. The van der Waals surface area contributed by atoms with Crippen molar-refractivity contribution in [2.45, 2.75) is 19.0 Å². The number of ether oxygens (including phenoxy) is 2. The first-order valence-electron chi connectivity index (χ1n) is 12.0. The lowest BCUT2D eigenvalue weighted by molar-refractivity contribution is -0.385. The third kappa shape index (κ3) is 3.88. The Morgan fingerprint density at radius 3 is 2.37 bits per heavy atom. The molecule has 0 radical (unpaired) electrons. The van der Waals surface area contributed by atoms with Crippen molar-refractivity contribution >= 4 is 28.4 Å². The van der Waals surface area contributed by atoms with Crippen LogP contribution in [0.25, 0.3) is 16.7 Å². The van der Waals surface area contributed by atoms with E-state index in [1.54, 1.807) is 18.0 Å². The van der Waals surface area contributed by atoms with Crippen LogP contribution >= 0.6 is 0 Å². The first-order valence-corrected chi connectivity index (χ1v) is 12.0. The fourth-order valence-corrected chi connectivity index (χ4v) is 5.16. The molecule has 0 bridgehead atoms. The molecule has 1 saturated heterocycles. The minimum absolute atomic E-state index is 0.0551. The van der Waals surface area contributed by atoms with Crippen LogP contribution in [0.15, 0.2) is 66.9 Å². The lowest BCUT2D eigenvalue weighted by Crippen LogP contribution is -2.60. The van der Waals surface area contributed by atoms with E-state index < -0.39 is 11.0 Å². The number of hydrogen-bond acceptors (Lipinski definition) is 7. The second-order valence-corrected chi connectivity index (χ2v) is 9.20. The Morgan fingerprint density at radius 1 is 0.974 bits per heavy atom. The Bertz CT molecular complexity index is 1560. The van der Waals surface area contributed by atoms with E-state index in [0.29, 0.717) is 25.6 Å². The highest BCUT2D eigenvalue weighted by Gasteiger charge is 2.42. The Kier molecular flexibility index (Phi) is 5.67. The Balaban J connectivity index is 0.000000246. The van der Waals surface area contributed by atoms with E-state index in [1.807, 2.05) is 53.1 Å². The molecule has 2 amide bonds. The van der Waals surface area contributed by atoms with Gasteiger partial charge in [0.25, 0.3) is 5.69 Å². The quantitative estimate of drug-likeness (QED) is 0.298. The molecule has 7 rings (SSSR count). The van der Waals surface area contributed by atoms with Gasteiger partial charge in [-0.05, 0) is 29.8 Å². The van der Waals surface area contributed by atoms with Gasteiger partial charge in [-0.3, -0.25) is 24.3 Å². The smallest absolute Gasteiger partial charge is 0.287 e. The molecule has 1 atom stereocenters. The molecule has 0 spiro atoms. The van der Waals surface area contributed by atoms with Crippen LogP contribution in [0.3, 0.4) is 0 Å². The Hall–Kier alpha value is -4.93. The molecule has 4 aromatic rings. The van der Waals surface area contributed by atoms with Crippen LogP contribution in [0, 0.1) is 10.1 Å². The lowest BCUT2D eigenvalue weighted by Gasteiger charge is -2.41. The standard InChI is InChI=1S/C20H17N5O4.C7H6O2/c1-22-11-19(26)23-10-17-14(8-16(23)20(22)27)13-4-2-3-5-15(13)24(17)18-7-6-12(9-21-18)25(28)29;1-2-4-7-6(3-1)8-5-9-7/h2-7,9,16H,8,10-11H2,1H3;1-4H,5H2. The minimum atomic E-state index is -0.502. The number of carbonyl (C=O) groups excluding carboxylic acids is 2. The van der Waals surface area contributed by atoms with Crippen molar-refractivity contribution in [1.82, 2.24) is 19.4 Å². The van der Waals surface area contributed by atoms with Gasteiger partial charge in [0.2, 0.25) is 18.6 Å². The highest BCUT2D eigenvalue weighted by molar-refractivity contribution is 5.97. The molecule has 192 valence electrons. The van der Waals surface area contributed by atoms with Gasteiger partial charge in [-0.2, -0.15) is 0 Å². The Labute approximate surface area is 216 Å². The maximum Gasteiger partial charge on any atom is 0.287 e. The van der Waals surface area contributed by atoms with Crippen LogP contribution in [0.1, 0.15) is 11.3 Å². The number of carbonyl (C=O) groups is 2. The summed E-state index contributed by atoms with van der Waals surface area (Å²) in [5, 5.41) is 12.0. The molecular weight excluding hydrogens is 490 g/mol. The van der Waals surface area contributed by atoms with Crippen molar-refractivity contribution in [3.63, 3.8) is 0 Å². The molecule has 0 saturated carbocycles. The van der Waals surface area contributed by atoms with Gasteiger partial charge in [-0.25, -0.2) is 4.98 Å². The molecule has 0 N–H and O–H groups in total. The van der Waals surface area contributed by atoms with E-state index >= 15 is 0 Å². The summed E-state index contributed by atoms with van der Waals surface area (Å²) in [4.78, 5) is 43.2. The average Bonchev–Trinajstić information content (AvgIpc) is 3.54. The number of rotatable bonds is 2. The fourth-order valence-electron chi connectivity index (χ4n) is 5.16. The van der Waals surface area contributed by atoms with Gasteiger partial charge >= 0.3 is 0 Å². The molecule has 2 aromatic heterocycles. The van der Waals surface area contributed by atoms with Crippen molar-refractivity contribution in [3.8, 4) is 17.3 Å². The number of nitrogens with zero attached hydrogens (tertiary/aromatic N) is 5. The molecule has 3 aliphatic rings. The third-order valence-corrected chi connectivity index (χ3v) is 6.99. The zero-order valence-corrected chi connectivity index (χ0v) is 20.4. The number of aromatic nitrogens is 2. The van der Waals surface area contributed by atoms with Crippen LogP contribution in [-0.2, 0) is 22.6 Å². The van der Waals surface area contributed by atoms with E-state index in [0.717, 1.165) is 33.7 Å². The number of fused-ring (bicyclic) bond motifs is 5. The van der Waals surface area contributed by atoms with Crippen molar-refractivity contribution in [3.05, 3.63) is 88.2 Å². The number of pyridine rings is 1. The van der Waals surface area contributed by atoms with Crippen LogP contribution in [0.4, 0.5) is 5.69 Å². The van der Waals surface area contributed by atoms with Gasteiger partial charge in [-0.15, -0.1) is 0 Å². The van der Waals surface area contributed by atoms with Gasteiger partial charge in [0.15, 0.2) is 11.5 Å². The first kappa shape index (κ1) is 23.5. The van der Waals surface area contributed by atoms with Crippen molar-refractivity contribution < 1.29 is 24.0 Å². The summed E-state index contributed by atoms with van der Waals surface area (Å²) in [7, 11) is 1.65. The summed E-state index contributed by atoms with van der Waals surface area (Å²) in [5.74, 6) is 2.09. The second-order valence-electron chi connectivity index (χ2n) is 9.20.